The molecule has 8 heteroatoms. The van der Waals surface area contributed by atoms with Crippen LogP contribution in [-0.4, -0.2) is 39.8 Å². The lowest BCUT2D eigenvalue weighted by Crippen LogP contribution is -3.11. The van der Waals surface area contributed by atoms with Crippen molar-refractivity contribution in [2.45, 2.75) is 20.1 Å². The number of methoxy groups -OCH3 is 2. The van der Waals surface area contributed by atoms with E-state index in [-0.39, 0.29) is 24.0 Å². The fourth-order valence-electron chi connectivity index (χ4n) is 2.79. The Morgan fingerprint density at radius 3 is 2.43 bits per heavy atom. The first-order valence-corrected chi connectivity index (χ1v) is 8.85. The molecule has 0 aliphatic carbocycles. The van der Waals surface area contributed by atoms with Gasteiger partial charge in [0, 0.05) is 5.56 Å². The van der Waals surface area contributed by atoms with Crippen molar-refractivity contribution in [1.29, 1.82) is 0 Å². The zero-order valence-electron chi connectivity index (χ0n) is 16.1. The van der Waals surface area contributed by atoms with E-state index < -0.39 is 6.61 Å². The van der Waals surface area contributed by atoms with Crippen LogP contribution < -0.4 is 24.4 Å². The van der Waals surface area contributed by atoms with E-state index in [0.717, 1.165) is 10.5 Å². The monoisotopic (exact) mass is 395 g/mol. The van der Waals surface area contributed by atoms with Gasteiger partial charge >= 0.3 is 6.61 Å². The summed E-state index contributed by atoms with van der Waals surface area (Å²) in [4.78, 5) is 13.4. The van der Waals surface area contributed by atoms with E-state index >= 15 is 0 Å². The summed E-state index contributed by atoms with van der Waals surface area (Å²) in [6.45, 7) is 0.526. The summed E-state index contributed by atoms with van der Waals surface area (Å²) in [5, 5.41) is 2.85. The third-order valence-corrected chi connectivity index (χ3v) is 4.19. The van der Waals surface area contributed by atoms with Crippen LogP contribution >= 0.6 is 0 Å². The maximum Gasteiger partial charge on any atom is 0.387 e. The molecule has 1 atom stereocenters. The average Bonchev–Trinajstić information content (AvgIpc) is 2.68. The first-order chi connectivity index (χ1) is 13.5. The van der Waals surface area contributed by atoms with Crippen LogP contribution in [0.4, 0.5) is 14.5 Å². The number of halogens is 2. The molecular weight excluding hydrogens is 370 g/mol. The van der Waals surface area contributed by atoms with Crippen LogP contribution in [0.25, 0.3) is 0 Å². The number of benzene rings is 2. The van der Waals surface area contributed by atoms with Crippen molar-refractivity contribution < 1.29 is 32.7 Å². The van der Waals surface area contributed by atoms with E-state index in [4.69, 9.17) is 9.47 Å². The standard InChI is InChI=1S/C20H24F2N2O4/c1-4-24(13-19(25)23-15-7-5-6-8-16(15)26-2)12-14-9-10-17(28-20(21)22)18(11-14)27-3/h5-11,20H,4,12-13H2,1-3H3,(H,23,25)/p+1. The van der Waals surface area contributed by atoms with Gasteiger partial charge in [0.1, 0.15) is 12.3 Å². The summed E-state index contributed by atoms with van der Waals surface area (Å²) in [5.41, 5.74) is 1.46. The van der Waals surface area contributed by atoms with Crippen LogP contribution in [0.2, 0.25) is 0 Å². The predicted molar refractivity (Wildman–Crippen MR) is 101 cm³/mol. The van der Waals surface area contributed by atoms with Crippen molar-refractivity contribution in [3.05, 3.63) is 48.0 Å². The molecule has 2 aromatic rings. The van der Waals surface area contributed by atoms with E-state index in [9.17, 15) is 13.6 Å². The molecule has 2 aromatic carbocycles. The molecule has 2 N–H and O–H groups in total. The Morgan fingerprint density at radius 2 is 1.79 bits per heavy atom. The molecule has 0 saturated heterocycles. The highest BCUT2D eigenvalue weighted by Crippen LogP contribution is 2.29. The highest BCUT2D eigenvalue weighted by atomic mass is 19.3. The number of carbonyl (C=O) groups is 1. The number of hydrogen-bond donors (Lipinski definition) is 2. The maximum absolute atomic E-state index is 12.4. The second kappa shape index (κ2) is 10.5. The van der Waals surface area contributed by atoms with Gasteiger partial charge in [-0.05, 0) is 37.3 Å². The maximum atomic E-state index is 12.4. The number of nitrogens with one attached hydrogen (secondary N) is 2. The fraction of sp³-hybridized carbons (Fsp3) is 0.350. The van der Waals surface area contributed by atoms with Crippen LogP contribution in [0.5, 0.6) is 17.2 Å². The number of ether oxygens (including phenoxy) is 3. The van der Waals surface area contributed by atoms with Crippen molar-refractivity contribution in [2.75, 3.05) is 32.6 Å². The van der Waals surface area contributed by atoms with E-state index in [0.29, 0.717) is 24.5 Å². The third kappa shape index (κ3) is 6.09. The van der Waals surface area contributed by atoms with Gasteiger partial charge in [0.05, 0.1) is 26.5 Å². The van der Waals surface area contributed by atoms with Gasteiger partial charge in [-0.3, -0.25) is 4.79 Å². The lowest BCUT2D eigenvalue weighted by molar-refractivity contribution is -0.903. The van der Waals surface area contributed by atoms with Gasteiger partial charge < -0.3 is 24.4 Å². The summed E-state index contributed by atoms with van der Waals surface area (Å²) < 4.78 is 39.7. The van der Waals surface area contributed by atoms with Crippen LogP contribution in [0.3, 0.4) is 0 Å². The highest BCUT2D eigenvalue weighted by molar-refractivity contribution is 5.92. The average molecular weight is 395 g/mol. The minimum absolute atomic E-state index is 0.0202. The molecule has 0 heterocycles. The Morgan fingerprint density at radius 1 is 1.07 bits per heavy atom. The summed E-state index contributed by atoms with van der Waals surface area (Å²) >= 11 is 0. The van der Waals surface area contributed by atoms with Crippen LogP contribution in [-0.2, 0) is 11.3 Å². The minimum Gasteiger partial charge on any atom is -0.495 e. The third-order valence-electron chi connectivity index (χ3n) is 4.19. The molecule has 0 saturated carbocycles. The summed E-state index contributed by atoms with van der Waals surface area (Å²) in [6, 6.07) is 12.0. The summed E-state index contributed by atoms with van der Waals surface area (Å²) in [6.07, 6.45) is 0. The van der Waals surface area contributed by atoms with E-state index in [2.05, 4.69) is 10.1 Å². The fourth-order valence-corrected chi connectivity index (χ4v) is 2.79. The molecular formula is C20H25F2N2O4+. The first-order valence-electron chi connectivity index (χ1n) is 8.85. The molecule has 2 rings (SSSR count). The Kier molecular flexibility index (Phi) is 8.01. The molecule has 0 aromatic heterocycles. The Bertz CT molecular complexity index is 787. The zero-order valence-corrected chi connectivity index (χ0v) is 16.1. The van der Waals surface area contributed by atoms with Crippen LogP contribution in [0.15, 0.2) is 42.5 Å². The van der Waals surface area contributed by atoms with Gasteiger partial charge in [0.2, 0.25) is 0 Å². The van der Waals surface area contributed by atoms with Crippen molar-refractivity contribution in [3.8, 4) is 17.2 Å². The molecule has 0 aliphatic rings. The van der Waals surface area contributed by atoms with E-state index in [1.807, 2.05) is 19.1 Å². The van der Waals surface area contributed by atoms with Crippen molar-refractivity contribution in [3.63, 3.8) is 0 Å². The molecule has 0 radical (unpaired) electrons. The largest absolute Gasteiger partial charge is 0.495 e. The number of hydrogen-bond acceptors (Lipinski definition) is 4. The molecule has 0 spiro atoms. The zero-order chi connectivity index (χ0) is 20.5. The van der Waals surface area contributed by atoms with Crippen molar-refractivity contribution in [1.82, 2.24) is 0 Å². The molecule has 6 nitrogen and oxygen atoms in total. The molecule has 0 aliphatic heterocycles. The first kappa shape index (κ1) is 21.4. The Labute approximate surface area is 163 Å². The van der Waals surface area contributed by atoms with E-state index in [1.54, 1.807) is 31.4 Å². The Balaban J connectivity index is 2.02. The van der Waals surface area contributed by atoms with Gasteiger partial charge in [-0.15, -0.1) is 0 Å². The lowest BCUT2D eigenvalue weighted by Gasteiger charge is -2.19. The van der Waals surface area contributed by atoms with Crippen molar-refractivity contribution in [2.24, 2.45) is 0 Å². The number of alkyl halides is 2. The topological polar surface area (TPSA) is 61.2 Å². The van der Waals surface area contributed by atoms with Crippen molar-refractivity contribution >= 4 is 11.6 Å². The minimum atomic E-state index is -2.92. The van der Waals surface area contributed by atoms with Gasteiger partial charge in [-0.1, -0.05) is 12.1 Å². The van der Waals surface area contributed by atoms with Gasteiger partial charge in [-0.2, -0.15) is 8.78 Å². The normalized spacial score (nSPS) is 11.8. The number of quaternary nitrogens is 1. The van der Waals surface area contributed by atoms with Gasteiger partial charge in [0.15, 0.2) is 18.0 Å². The molecule has 152 valence electrons. The number of likely N-dealkylation sites (N-methyl/N-ethyl adjacent to an activating group) is 1. The SMILES string of the molecule is CC[NH+](CC(=O)Nc1ccccc1OC)Cc1ccc(OC(F)F)c(OC)c1. The van der Waals surface area contributed by atoms with Crippen LogP contribution in [0.1, 0.15) is 12.5 Å². The molecule has 1 unspecified atom stereocenters. The molecule has 1 amide bonds. The van der Waals surface area contributed by atoms with Gasteiger partial charge in [-0.25, -0.2) is 0 Å². The summed E-state index contributed by atoms with van der Waals surface area (Å²) in [7, 11) is 2.94. The quantitative estimate of drug-likeness (QED) is 0.648. The lowest BCUT2D eigenvalue weighted by atomic mass is 10.2. The number of anilines is 1. The molecule has 28 heavy (non-hydrogen) atoms. The number of rotatable bonds is 10. The molecule has 0 fully saturated rings. The number of para-hydroxylation sites is 2. The van der Waals surface area contributed by atoms with Crippen LogP contribution in [0, 0.1) is 0 Å². The second-order valence-electron chi connectivity index (χ2n) is 6.07. The predicted octanol–water partition coefficient (Wildman–Crippen LogP) is 2.35. The summed E-state index contributed by atoms with van der Waals surface area (Å²) in [5.74, 6) is 0.652. The smallest absolute Gasteiger partial charge is 0.387 e. The number of amides is 1. The van der Waals surface area contributed by atoms with E-state index in [1.165, 1.54) is 13.2 Å². The number of carbonyl (C=O) groups excluding carboxylic acids is 1. The second-order valence-corrected chi connectivity index (χ2v) is 6.07. The Hall–Kier alpha value is -2.87. The molecule has 0 bridgehead atoms. The highest BCUT2D eigenvalue weighted by Gasteiger charge is 2.17. The van der Waals surface area contributed by atoms with Gasteiger partial charge in [0.25, 0.3) is 5.91 Å².